The first-order valence-electron chi connectivity index (χ1n) is 4.35. The molecule has 14 heavy (non-hydrogen) atoms. The summed E-state index contributed by atoms with van der Waals surface area (Å²) in [5.74, 6) is -0.0432. The maximum absolute atomic E-state index is 10.9. The third-order valence-corrected chi connectivity index (χ3v) is 2.49. The van der Waals surface area contributed by atoms with Crippen LogP contribution in [0.1, 0.15) is 12.0 Å². The second kappa shape index (κ2) is 3.92. The number of halogens is 1. The van der Waals surface area contributed by atoms with Crippen molar-refractivity contribution in [3.05, 3.63) is 34.3 Å². The van der Waals surface area contributed by atoms with Gasteiger partial charge in [-0.3, -0.25) is 0 Å². The Balaban J connectivity index is 2.22. The minimum Gasteiger partial charge on any atom is -0.857 e. The molecule has 0 atom stereocenters. The van der Waals surface area contributed by atoms with Crippen LogP contribution in [0.2, 0.25) is 0 Å². The summed E-state index contributed by atoms with van der Waals surface area (Å²) in [5.41, 5.74) is 1.05. The molecule has 0 unspecified atom stereocenters. The molecule has 0 saturated heterocycles. The molecule has 0 aromatic heterocycles. The Hall–Kier alpha value is -1.16. The van der Waals surface area contributed by atoms with Gasteiger partial charge in [0.1, 0.15) is 0 Å². The smallest absolute Gasteiger partial charge is 0.203 e. The predicted octanol–water partition coefficient (Wildman–Crippen LogP) is 0.958. The number of hydrogen-bond donors (Lipinski definition) is 0. The Morgan fingerprint density at radius 1 is 1.36 bits per heavy atom. The molecule has 1 aliphatic heterocycles. The Kier molecular flexibility index (Phi) is 2.63. The molecule has 4 heteroatoms. The molecular weight excluding hydrogens is 244 g/mol. The quantitative estimate of drug-likeness (QED) is 0.687. The highest BCUT2D eigenvalue weighted by molar-refractivity contribution is 9.10. The molecule has 2 rings (SSSR count). The van der Waals surface area contributed by atoms with Gasteiger partial charge < -0.3 is 5.11 Å². The van der Waals surface area contributed by atoms with E-state index in [1.54, 1.807) is 4.68 Å². The molecule has 0 fully saturated rings. The van der Waals surface area contributed by atoms with Crippen molar-refractivity contribution in [2.45, 2.75) is 6.42 Å². The first-order chi connectivity index (χ1) is 6.74. The molecule has 0 aliphatic carbocycles. The van der Waals surface area contributed by atoms with E-state index in [0.717, 1.165) is 10.0 Å². The van der Waals surface area contributed by atoms with Crippen molar-refractivity contribution in [1.82, 2.24) is 0 Å². The number of hydrazone groups is 1. The van der Waals surface area contributed by atoms with Crippen LogP contribution in [0, 0.1) is 0 Å². The zero-order valence-corrected chi connectivity index (χ0v) is 9.07. The van der Waals surface area contributed by atoms with Crippen LogP contribution in [-0.4, -0.2) is 23.3 Å². The van der Waals surface area contributed by atoms with E-state index in [9.17, 15) is 5.11 Å². The fraction of sp³-hybridized carbons (Fsp3) is 0.200. The van der Waals surface area contributed by atoms with Crippen molar-refractivity contribution in [3.63, 3.8) is 0 Å². The standard InChI is InChI=1S/C10H9BrN2O/c11-9-3-1-8(2-4-9)7-13-6-5-10(14)12-13/h1-4,7H,5-6H2/b13-7-. The van der Waals surface area contributed by atoms with Crippen LogP contribution in [0.25, 0.3) is 0 Å². The Labute approximate surface area is 90.5 Å². The van der Waals surface area contributed by atoms with E-state index in [1.165, 1.54) is 0 Å². The van der Waals surface area contributed by atoms with E-state index in [0.29, 0.717) is 13.0 Å². The average Bonchev–Trinajstić information content (AvgIpc) is 2.56. The first kappa shape index (κ1) is 9.40. The van der Waals surface area contributed by atoms with Gasteiger partial charge in [0.25, 0.3) is 0 Å². The van der Waals surface area contributed by atoms with Gasteiger partial charge in [-0.25, -0.2) is 0 Å². The summed E-state index contributed by atoms with van der Waals surface area (Å²) in [6.07, 6.45) is 2.39. The van der Waals surface area contributed by atoms with Crippen molar-refractivity contribution < 1.29 is 9.79 Å². The monoisotopic (exact) mass is 252 g/mol. The highest BCUT2D eigenvalue weighted by atomic mass is 79.9. The molecule has 0 bridgehead atoms. The third-order valence-electron chi connectivity index (χ3n) is 1.96. The van der Waals surface area contributed by atoms with E-state index >= 15 is 0 Å². The summed E-state index contributed by atoms with van der Waals surface area (Å²) < 4.78 is 2.73. The van der Waals surface area contributed by atoms with Crippen LogP contribution in [0.3, 0.4) is 0 Å². The summed E-state index contributed by atoms with van der Waals surface area (Å²) in [7, 11) is 0. The van der Waals surface area contributed by atoms with E-state index < -0.39 is 0 Å². The second-order valence-electron chi connectivity index (χ2n) is 3.09. The lowest BCUT2D eigenvalue weighted by atomic mass is 10.2. The van der Waals surface area contributed by atoms with Crippen LogP contribution in [0.5, 0.6) is 0 Å². The molecule has 3 nitrogen and oxygen atoms in total. The van der Waals surface area contributed by atoms with Gasteiger partial charge in [0, 0.05) is 22.4 Å². The number of hydrogen-bond acceptors (Lipinski definition) is 2. The van der Waals surface area contributed by atoms with Gasteiger partial charge >= 0.3 is 0 Å². The molecule has 0 amide bonds. The molecule has 0 radical (unpaired) electrons. The molecular formula is C10H9BrN2O. The van der Waals surface area contributed by atoms with Gasteiger partial charge in [0.2, 0.25) is 6.21 Å². The molecule has 1 aliphatic rings. The van der Waals surface area contributed by atoms with Crippen molar-refractivity contribution in [2.24, 2.45) is 5.10 Å². The van der Waals surface area contributed by atoms with Crippen LogP contribution >= 0.6 is 15.9 Å². The van der Waals surface area contributed by atoms with Gasteiger partial charge in [-0.1, -0.05) is 20.6 Å². The lowest BCUT2D eigenvalue weighted by Gasteiger charge is -1.91. The average molecular weight is 253 g/mol. The topological polar surface area (TPSA) is 38.4 Å². The van der Waals surface area contributed by atoms with Crippen LogP contribution in [0.15, 0.2) is 33.8 Å². The zero-order valence-electron chi connectivity index (χ0n) is 7.48. The maximum Gasteiger partial charge on any atom is 0.203 e. The molecule has 72 valence electrons. The Morgan fingerprint density at radius 3 is 2.64 bits per heavy atom. The van der Waals surface area contributed by atoms with Crippen LogP contribution < -0.4 is 5.11 Å². The molecule has 1 aromatic rings. The van der Waals surface area contributed by atoms with Crippen molar-refractivity contribution in [2.75, 3.05) is 6.54 Å². The second-order valence-corrected chi connectivity index (χ2v) is 4.00. The van der Waals surface area contributed by atoms with Crippen LogP contribution in [0.4, 0.5) is 0 Å². The maximum atomic E-state index is 10.9. The van der Waals surface area contributed by atoms with Gasteiger partial charge in [-0.15, -0.1) is 0 Å². The summed E-state index contributed by atoms with van der Waals surface area (Å²) in [6.45, 7) is 0.689. The summed E-state index contributed by atoms with van der Waals surface area (Å²) in [4.78, 5) is 0. The molecule has 0 saturated carbocycles. The number of nitrogens with zero attached hydrogens (tertiary/aromatic N) is 2. The third kappa shape index (κ3) is 2.20. The van der Waals surface area contributed by atoms with Crippen LogP contribution in [-0.2, 0) is 0 Å². The lowest BCUT2D eigenvalue weighted by molar-refractivity contribution is -0.519. The normalized spacial score (nSPS) is 18.6. The highest BCUT2D eigenvalue weighted by Crippen LogP contribution is 2.09. The molecule has 1 aromatic carbocycles. The Morgan fingerprint density at radius 2 is 2.07 bits per heavy atom. The molecule has 1 heterocycles. The molecule has 0 N–H and O–H groups in total. The van der Waals surface area contributed by atoms with E-state index in [2.05, 4.69) is 21.0 Å². The summed E-state index contributed by atoms with van der Waals surface area (Å²) in [5, 5.41) is 14.7. The van der Waals surface area contributed by atoms with Gasteiger partial charge in [0.05, 0.1) is 0 Å². The van der Waals surface area contributed by atoms with Crippen molar-refractivity contribution >= 4 is 28.0 Å². The minimum atomic E-state index is -0.0432. The zero-order chi connectivity index (χ0) is 9.97. The largest absolute Gasteiger partial charge is 0.857 e. The highest BCUT2D eigenvalue weighted by Gasteiger charge is 2.10. The number of rotatable bonds is 1. The van der Waals surface area contributed by atoms with Gasteiger partial charge in [-0.2, -0.15) is 0 Å². The van der Waals surface area contributed by atoms with Crippen molar-refractivity contribution in [1.29, 1.82) is 0 Å². The SMILES string of the molecule is [O-]C1=N/[N+](=C\c2ccc(Br)cc2)CC1. The van der Waals surface area contributed by atoms with Gasteiger partial charge in [-0.05, 0) is 29.4 Å². The fourth-order valence-electron chi connectivity index (χ4n) is 1.27. The van der Waals surface area contributed by atoms with E-state index in [4.69, 9.17) is 0 Å². The Bertz CT molecular complexity index is 395. The minimum absolute atomic E-state index is 0.0432. The molecule has 0 spiro atoms. The van der Waals surface area contributed by atoms with Gasteiger partial charge in [0.15, 0.2) is 6.54 Å². The van der Waals surface area contributed by atoms with E-state index in [-0.39, 0.29) is 5.90 Å². The van der Waals surface area contributed by atoms with E-state index in [1.807, 2.05) is 30.5 Å². The number of benzene rings is 1. The summed E-state index contributed by atoms with van der Waals surface area (Å²) in [6, 6.07) is 7.87. The first-order valence-corrected chi connectivity index (χ1v) is 5.15. The fourth-order valence-corrected chi connectivity index (χ4v) is 1.53. The summed E-state index contributed by atoms with van der Waals surface area (Å²) >= 11 is 3.36. The van der Waals surface area contributed by atoms with Crippen molar-refractivity contribution in [3.8, 4) is 0 Å². The lowest BCUT2D eigenvalue weighted by Crippen LogP contribution is -2.13. The predicted molar refractivity (Wildman–Crippen MR) is 56.5 cm³/mol.